The van der Waals surface area contributed by atoms with E-state index in [0.29, 0.717) is 34.9 Å². The molecule has 7 nitrogen and oxygen atoms in total. The molecule has 0 saturated heterocycles. The Kier molecular flexibility index (Phi) is 8.44. The van der Waals surface area contributed by atoms with Crippen molar-refractivity contribution in [1.29, 1.82) is 0 Å². The van der Waals surface area contributed by atoms with Crippen LogP contribution in [-0.4, -0.2) is 31.6 Å². The molecular formula is C22H30Cl3N7. The van der Waals surface area contributed by atoms with Crippen molar-refractivity contribution in [2.24, 2.45) is 5.73 Å². The topological polar surface area (TPSA) is 93.7 Å². The van der Waals surface area contributed by atoms with Crippen LogP contribution in [0.1, 0.15) is 57.4 Å². The Hall–Kier alpha value is -1.80. The smallest absolute Gasteiger partial charge is 0.227 e. The first-order chi connectivity index (χ1) is 14.7. The van der Waals surface area contributed by atoms with Crippen LogP contribution in [-0.2, 0) is 0 Å². The summed E-state index contributed by atoms with van der Waals surface area (Å²) in [6, 6.07) is 8.77. The maximum absolute atomic E-state index is 6.18. The Morgan fingerprint density at radius 3 is 2.47 bits per heavy atom. The largest absolute Gasteiger partial charge is 0.351 e. The second kappa shape index (κ2) is 10.9. The Morgan fingerprint density at radius 2 is 1.75 bits per heavy atom. The van der Waals surface area contributed by atoms with Crippen LogP contribution in [0.3, 0.4) is 0 Å². The number of imidazole rings is 1. The minimum Gasteiger partial charge on any atom is -0.351 e. The van der Waals surface area contributed by atoms with E-state index < -0.39 is 0 Å². The van der Waals surface area contributed by atoms with Gasteiger partial charge >= 0.3 is 0 Å². The first kappa shape index (κ1) is 24.8. The second-order valence-electron chi connectivity index (χ2n) is 8.55. The van der Waals surface area contributed by atoms with Gasteiger partial charge in [-0.25, -0.2) is 4.98 Å². The van der Waals surface area contributed by atoms with Gasteiger partial charge in [0.2, 0.25) is 5.95 Å². The fraction of sp³-hybridized carbons (Fsp3) is 0.500. The van der Waals surface area contributed by atoms with Crippen molar-refractivity contribution in [3.63, 3.8) is 0 Å². The summed E-state index contributed by atoms with van der Waals surface area (Å²) in [5.74, 6) is 1.35. The Balaban J connectivity index is 0.00000144. The maximum atomic E-state index is 6.18. The first-order valence-corrected chi connectivity index (χ1v) is 11.3. The van der Waals surface area contributed by atoms with Gasteiger partial charge in [0.25, 0.3) is 0 Å². The minimum absolute atomic E-state index is 0. The van der Waals surface area contributed by atoms with Gasteiger partial charge in [-0.15, -0.1) is 24.8 Å². The van der Waals surface area contributed by atoms with Crippen LogP contribution in [0.25, 0.3) is 11.2 Å². The van der Waals surface area contributed by atoms with Gasteiger partial charge in [-0.05, 0) is 56.7 Å². The molecule has 32 heavy (non-hydrogen) atoms. The van der Waals surface area contributed by atoms with Crippen LogP contribution in [0.5, 0.6) is 0 Å². The summed E-state index contributed by atoms with van der Waals surface area (Å²) in [5.41, 5.74) is 8.63. The molecule has 0 radical (unpaired) electrons. The van der Waals surface area contributed by atoms with Gasteiger partial charge in [0.1, 0.15) is 0 Å². The van der Waals surface area contributed by atoms with Crippen LogP contribution in [0, 0.1) is 0 Å². The molecule has 0 spiro atoms. The molecule has 0 bridgehead atoms. The highest BCUT2D eigenvalue weighted by Crippen LogP contribution is 2.34. The zero-order valence-electron chi connectivity index (χ0n) is 17.8. The number of aromatic nitrogens is 4. The van der Waals surface area contributed by atoms with Crippen LogP contribution >= 0.6 is 36.4 Å². The van der Waals surface area contributed by atoms with Gasteiger partial charge in [-0.3, -0.25) is 0 Å². The van der Waals surface area contributed by atoms with Gasteiger partial charge in [0, 0.05) is 28.8 Å². The third kappa shape index (κ3) is 5.39. The number of rotatable bonds is 5. The van der Waals surface area contributed by atoms with Gasteiger partial charge in [0.05, 0.1) is 6.33 Å². The number of hydrogen-bond acceptors (Lipinski definition) is 6. The van der Waals surface area contributed by atoms with E-state index in [1.54, 1.807) is 0 Å². The maximum Gasteiger partial charge on any atom is 0.227 e. The molecule has 2 heterocycles. The van der Waals surface area contributed by atoms with Gasteiger partial charge in [-0.1, -0.05) is 30.5 Å². The van der Waals surface area contributed by atoms with Crippen LogP contribution in [0.15, 0.2) is 30.6 Å². The average molecular weight is 499 g/mol. The Morgan fingerprint density at radius 1 is 1.00 bits per heavy atom. The fourth-order valence-corrected chi connectivity index (χ4v) is 4.86. The number of benzene rings is 1. The summed E-state index contributed by atoms with van der Waals surface area (Å²) in [5, 5.41) is 7.64. The lowest BCUT2D eigenvalue weighted by molar-refractivity contribution is 0.410. The van der Waals surface area contributed by atoms with Crippen molar-refractivity contribution in [3.8, 4) is 0 Å². The molecule has 5 rings (SSSR count). The van der Waals surface area contributed by atoms with E-state index in [9.17, 15) is 0 Å². The zero-order chi connectivity index (χ0) is 20.5. The van der Waals surface area contributed by atoms with Gasteiger partial charge in [0.15, 0.2) is 17.0 Å². The SMILES string of the molecule is Cl.Cl.NC1CCC(Nc2nc(Nc3cccc(Cl)c3)c3ncn(C4CCCC4)c3n2)CC1. The fourth-order valence-electron chi connectivity index (χ4n) is 4.67. The van der Waals surface area contributed by atoms with E-state index >= 15 is 0 Å². The zero-order valence-corrected chi connectivity index (χ0v) is 20.2. The lowest BCUT2D eigenvalue weighted by atomic mass is 9.92. The predicted octanol–water partition coefficient (Wildman–Crippen LogP) is 5.86. The average Bonchev–Trinajstić information content (AvgIpc) is 3.39. The van der Waals surface area contributed by atoms with Crippen molar-refractivity contribution in [1.82, 2.24) is 19.5 Å². The van der Waals surface area contributed by atoms with E-state index in [4.69, 9.17) is 27.3 Å². The lowest BCUT2D eigenvalue weighted by Gasteiger charge is -2.27. The molecule has 2 saturated carbocycles. The molecule has 2 fully saturated rings. The summed E-state index contributed by atoms with van der Waals surface area (Å²) >= 11 is 6.18. The van der Waals surface area contributed by atoms with E-state index in [1.807, 2.05) is 30.6 Å². The highest BCUT2D eigenvalue weighted by Gasteiger charge is 2.24. The van der Waals surface area contributed by atoms with E-state index in [-0.39, 0.29) is 24.8 Å². The predicted molar refractivity (Wildman–Crippen MR) is 136 cm³/mol. The highest BCUT2D eigenvalue weighted by molar-refractivity contribution is 6.30. The molecule has 174 valence electrons. The van der Waals surface area contributed by atoms with Crippen LogP contribution in [0.2, 0.25) is 5.02 Å². The third-order valence-electron chi connectivity index (χ3n) is 6.33. The molecule has 0 aliphatic heterocycles. The number of nitrogens with zero attached hydrogens (tertiary/aromatic N) is 4. The third-order valence-corrected chi connectivity index (χ3v) is 6.57. The number of nitrogens with two attached hydrogens (primary N) is 1. The Labute approximate surface area is 205 Å². The number of anilines is 3. The molecular weight excluding hydrogens is 469 g/mol. The summed E-state index contributed by atoms with van der Waals surface area (Å²) in [4.78, 5) is 14.4. The molecule has 4 N–H and O–H groups in total. The van der Waals surface area contributed by atoms with Crippen LogP contribution < -0.4 is 16.4 Å². The molecule has 0 unspecified atom stereocenters. The highest BCUT2D eigenvalue weighted by atomic mass is 35.5. The molecule has 0 atom stereocenters. The van der Waals surface area contributed by atoms with E-state index in [2.05, 4.69) is 20.2 Å². The van der Waals surface area contributed by atoms with Crippen molar-refractivity contribution in [2.75, 3.05) is 10.6 Å². The van der Waals surface area contributed by atoms with E-state index in [0.717, 1.165) is 42.5 Å². The molecule has 2 aliphatic carbocycles. The molecule has 10 heteroatoms. The second-order valence-corrected chi connectivity index (χ2v) is 8.99. The minimum atomic E-state index is 0. The Bertz CT molecular complexity index is 1030. The summed E-state index contributed by atoms with van der Waals surface area (Å²) < 4.78 is 2.23. The quantitative estimate of drug-likeness (QED) is 0.408. The van der Waals surface area contributed by atoms with Crippen molar-refractivity contribution in [2.45, 2.75) is 69.5 Å². The van der Waals surface area contributed by atoms with E-state index in [1.165, 1.54) is 25.7 Å². The first-order valence-electron chi connectivity index (χ1n) is 10.9. The normalized spacial score (nSPS) is 21.1. The number of nitrogens with one attached hydrogen (secondary N) is 2. The number of hydrogen-bond donors (Lipinski definition) is 3. The number of halogens is 3. The monoisotopic (exact) mass is 497 g/mol. The molecule has 1 aromatic carbocycles. The summed E-state index contributed by atoms with van der Waals surface area (Å²) in [6.45, 7) is 0. The molecule has 3 aromatic rings. The van der Waals surface area contributed by atoms with Crippen LogP contribution in [0.4, 0.5) is 17.5 Å². The summed E-state index contributed by atoms with van der Waals surface area (Å²) in [6.07, 6.45) is 10.9. The van der Waals surface area contributed by atoms with Crippen molar-refractivity contribution < 1.29 is 0 Å². The standard InChI is InChI=1S/C22H28ClN7.2ClH/c23-14-4-3-5-17(12-14)26-20-19-21(30(13-25-19)18-6-1-2-7-18)29-22(28-20)27-16-10-8-15(24)9-11-16;;/h3-5,12-13,15-16,18H,1-2,6-11,24H2,(H2,26,27,28,29);2*1H. The van der Waals surface area contributed by atoms with Crippen molar-refractivity contribution >= 4 is 65.0 Å². The van der Waals surface area contributed by atoms with Gasteiger partial charge < -0.3 is 20.9 Å². The summed E-state index contributed by atoms with van der Waals surface area (Å²) in [7, 11) is 0. The number of fused-ring (bicyclic) bond motifs is 1. The van der Waals surface area contributed by atoms with Crippen molar-refractivity contribution in [3.05, 3.63) is 35.6 Å². The molecule has 2 aliphatic rings. The molecule has 0 amide bonds. The van der Waals surface area contributed by atoms with Gasteiger partial charge in [-0.2, -0.15) is 9.97 Å². The molecule has 2 aromatic heterocycles. The lowest BCUT2D eigenvalue weighted by Crippen LogP contribution is -2.33.